The third-order valence-corrected chi connectivity index (χ3v) is 7.39. The van der Waals surface area contributed by atoms with E-state index >= 15 is 0 Å². The van der Waals surface area contributed by atoms with Crippen LogP contribution in [0.1, 0.15) is 6.92 Å². The molecule has 0 bridgehead atoms. The number of aromatic nitrogens is 4. The lowest BCUT2D eigenvalue weighted by Crippen LogP contribution is -2.48. The summed E-state index contributed by atoms with van der Waals surface area (Å²) >= 11 is 0. The molecule has 1 amide bonds. The number of nitrogens with one attached hydrogen (secondary N) is 2. The number of hydrogen-bond donors (Lipinski definition) is 2. The van der Waals surface area contributed by atoms with Gasteiger partial charge in [-0.1, -0.05) is 12.6 Å². The lowest BCUT2D eigenvalue weighted by atomic mass is 10.1. The summed E-state index contributed by atoms with van der Waals surface area (Å²) < 4.78 is 7.93. The van der Waals surface area contributed by atoms with Crippen LogP contribution in [0.15, 0.2) is 61.6 Å². The van der Waals surface area contributed by atoms with Gasteiger partial charge in [0, 0.05) is 69.4 Å². The first-order valence-electron chi connectivity index (χ1n) is 14.2. The predicted molar refractivity (Wildman–Crippen MR) is 169 cm³/mol. The second-order valence-corrected chi connectivity index (χ2v) is 10.6. The second kappa shape index (κ2) is 13.0. The van der Waals surface area contributed by atoms with E-state index in [1.807, 2.05) is 55.2 Å². The van der Waals surface area contributed by atoms with Crippen LogP contribution >= 0.6 is 0 Å². The molecule has 0 aliphatic carbocycles. The number of carbonyl (C=O) groups excluding carboxylic acids is 1. The summed E-state index contributed by atoms with van der Waals surface area (Å²) in [6.07, 6.45) is 4.66. The molecule has 220 valence electrons. The highest BCUT2D eigenvalue weighted by Crippen LogP contribution is 2.39. The zero-order valence-electron chi connectivity index (χ0n) is 24.8. The highest BCUT2D eigenvalue weighted by molar-refractivity contribution is 6.02. The summed E-state index contributed by atoms with van der Waals surface area (Å²) in [6, 6.07) is 11.9. The minimum absolute atomic E-state index is 0.272. The van der Waals surface area contributed by atoms with Crippen molar-refractivity contribution in [2.24, 2.45) is 7.05 Å². The number of hydrogen-bond acceptors (Lipinski definition) is 9. The Hall–Kier alpha value is -4.48. The zero-order valence-corrected chi connectivity index (χ0v) is 24.8. The lowest BCUT2D eigenvalue weighted by molar-refractivity contribution is -0.111. The number of benzene rings is 2. The Kier molecular flexibility index (Phi) is 8.99. The summed E-state index contributed by atoms with van der Waals surface area (Å²) in [5, 5.41) is 11.8. The topological polar surface area (TPSA) is 104 Å². The van der Waals surface area contributed by atoms with Gasteiger partial charge in [0.1, 0.15) is 17.9 Å². The Balaban J connectivity index is 1.43. The molecule has 11 nitrogen and oxygen atoms in total. The van der Waals surface area contributed by atoms with Crippen LogP contribution in [0.4, 0.5) is 22.9 Å². The molecule has 0 saturated carbocycles. The van der Waals surface area contributed by atoms with Crippen molar-refractivity contribution in [2.45, 2.75) is 6.92 Å². The van der Waals surface area contributed by atoms with Crippen LogP contribution in [0.5, 0.6) is 5.75 Å². The number of piperazine rings is 1. The van der Waals surface area contributed by atoms with Crippen molar-refractivity contribution >= 4 is 39.7 Å². The van der Waals surface area contributed by atoms with Crippen LogP contribution in [-0.2, 0) is 11.8 Å². The molecule has 1 aliphatic rings. The molecule has 42 heavy (non-hydrogen) atoms. The highest BCUT2D eigenvalue weighted by Gasteiger charge is 2.22. The van der Waals surface area contributed by atoms with Crippen molar-refractivity contribution < 1.29 is 9.53 Å². The van der Waals surface area contributed by atoms with Gasteiger partial charge in [0.25, 0.3) is 0 Å². The summed E-state index contributed by atoms with van der Waals surface area (Å²) in [5.41, 5.74) is 5.09. The minimum Gasteiger partial charge on any atom is -0.492 e. The number of aryl methyl sites for hydroxylation is 1. The molecule has 0 spiro atoms. The number of ether oxygens (including phenoxy) is 1. The number of likely N-dealkylation sites (N-methyl/N-ethyl adjacent to an activating group) is 1. The molecule has 1 aliphatic heterocycles. The summed E-state index contributed by atoms with van der Waals surface area (Å²) in [5.74, 6) is 1.01. The fraction of sp³-hybridized carbons (Fsp3) is 0.355. The molecule has 3 heterocycles. The highest BCUT2D eigenvalue weighted by atomic mass is 16.5. The smallest absolute Gasteiger partial charge is 0.247 e. The molecule has 0 radical (unpaired) electrons. The first-order valence-corrected chi connectivity index (χ1v) is 14.2. The first-order chi connectivity index (χ1) is 20.3. The van der Waals surface area contributed by atoms with Gasteiger partial charge in [-0.3, -0.25) is 14.4 Å². The molecule has 0 unspecified atom stereocenters. The third kappa shape index (κ3) is 6.69. The summed E-state index contributed by atoms with van der Waals surface area (Å²) in [7, 11) is 6.12. The molecule has 1 fully saturated rings. The fourth-order valence-corrected chi connectivity index (χ4v) is 5.09. The van der Waals surface area contributed by atoms with Gasteiger partial charge in [-0.25, -0.2) is 9.97 Å². The number of nitrogens with zero attached hydrogens (tertiary/aromatic N) is 7. The van der Waals surface area contributed by atoms with Crippen molar-refractivity contribution in [1.29, 1.82) is 0 Å². The largest absolute Gasteiger partial charge is 0.492 e. The average molecular weight is 570 g/mol. The Bertz CT molecular complexity index is 1560. The van der Waals surface area contributed by atoms with Gasteiger partial charge in [0.05, 0.1) is 41.1 Å². The first kappa shape index (κ1) is 29.0. The van der Waals surface area contributed by atoms with E-state index in [4.69, 9.17) is 4.74 Å². The molecular weight excluding hydrogens is 530 g/mol. The molecule has 4 aromatic rings. The lowest BCUT2D eigenvalue weighted by Gasteiger charge is -2.37. The van der Waals surface area contributed by atoms with Crippen molar-refractivity contribution in [1.82, 2.24) is 29.5 Å². The van der Waals surface area contributed by atoms with Crippen molar-refractivity contribution in [2.75, 3.05) is 75.5 Å². The maximum absolute atomic E-state index is 12.5. The monoisotopic (exact) mass is 569 g/mol. The van der Waals surface area contributed by atoms with E-state index in [9.17, 15) is 4.79 Å². The number of rotatable bonds is 11. The van der Waals surface area contributed by atoms with E-state index < -0.39 is 0 Å². The average Bonchev–Trinajstić information content (AvgIpc) is 3.37. The van der Waals surface area contributed by atoms with Crippen LogP contribution < -0.4 is 20.3 Å². The number of anilines is 4. The molecule has 11 heteroatoms. The Morgan fingerprint density at radius 1 is 1.10 bits per heavy atom. The molecule has 2 N–H and O–H groups in total. The second-order valence-electron chi connectivity index (χ2n) is 10.6. The molecule has 1 saturated heterocycles. The normalized spacial score (nSPS) is 13.9. The predicted octanol–water partition coefficient (Wildman–Crippen LogP) is 3.98. The quantitative estimate of drug-likeness (QED) is 0.260. The van der Waals surface area contributed by atoms with Crippen molar-refractivity contribution in [3.8, 4) is 17.0 Å². The van der Waals surface area contributed by atoms with Gasteiger partial charge in [-0.15, -0.1) is 0 Å². The zero-order chi connectivity index (χ0) is 29.6. The Morgan fingerprint density at radius 3 is 2.64 bits per heavy atom. The maximum atomic E-state index is 12.5. The molecular formula is C31H39N9O2. The minimum atomic E-state index is -0.272. The molecule has 2 aromatic heterocycles. The van der Waals surface area contributed by atoms with E-state index in [2.05, 4.69) is 67.1 Å². The molecule has 2 aromatic carbocycles. The van der Waals surface area contributed by atoms with Crippen LogP contribution in [0.25, 0.3) is 22.2 Å². The van der Waals surface area contributed by atoms with E-state index in [0.29, 0.717) is 29.5 Å². The van der Waals surface area contributed by atoms with Crippen molar-refractivity contribution in [3.05, 3.63) is 61.6 Å². The molecule has 5 rings (SSSR count). The number of fused-ring (bicyclic) bond motifs is 1. The van der Waals surface area contributed by atoms with E-state index in [-0.39, 0.29) is 5.91 Å². The van der Waals surface area contributed by atoms with E-state index in [0.717, 1.165) is 67.1 Å². The Morgan fingerprint density at radius 2 is 1.90 bits per heavy atom. The van der Waals surface area contributed by atoms with E-state index in [1.54, 1.807) is 0 Å². The Labute approximate surface area is 246 Å². The van der Waals surface area contributed by atoms with Crippen LogP contribution in [-0.4, -0.2) is 95.4 Å². The maximum Gasteiger partial charge on any atom is 0.247 e. The number of amides is 1. The van der Waals surface area contributed by atoms with Crippen molar-refractivity contribution in [3.63, 3.8) is 0 Å². The SMILES string of the molecule is C=CC(=O)Nc1cc(Nc2cc(-c3ccc4c(cnn4C)c3)ncn2)c(OCC)cc1N1CCN(CCN(C)C)CC1. The number of carbonyl (C=O) groups is 1. The fourth-order valence-electron chi connectivity index (χ4n) is 5.09. The van der Waals surface area contributed by atoms with Crippen LogP contribution in [0, 0.1) is 0 Å². The third-order valence-electron chi connectivity index (χ3n) is 7.39. The standard InChI is InChI=1S/C31H39N9O2/c1-6-31(41)36-25-17-26(29(42-7-2)19-28(25)40-14-12-39(13-15-40)11-10-37(3)4)35-30-18-24(32-21-33-30)22-8-9-27-23(16-22)20-34-38(27)5/h6,8-9,16-21H,1,7,10-15H2,2-5H3,(H,36,41)(H,32,33,35). The van der Waals surface area contributed by atoms with Gasteiger partial charge in [-0.05, 0) is 45.3 Å². The summed E-state index contributed by atoms with van der Waals surface area (Å²) in [4.78, 5) is 28.4. The van der Waals surface area contributed by atoms with Gasteiger partial charge in [0.2, 0.25) is 5.91 Å². The summed E-state index contributed by atoms with van der Waals surface area (Å²) in [6.45, 7) is 11.7. The van der Waals surface area contributed by atoms with Gasteiger partial charge in [0.15, 0.2) is 0 Å². The van der Waals surface area contributed by atoms with Crippen LogP contribution in [0.3, 0.4) is 0 Å². The van der Waals surface area contributed by atoms with Gasteiger partial charge >= 0.3 is 0 Å². The van der Waals surface area contributed by atoms with Crippen LogP contribution in [0.2, 0.25) is 0 Å². The van der Waals surface area contributed by atoms with Gasteiger partial charge in [-0.2, -0.15) is 5.10 Å². The van der Waals surface area contributed by atoms with E-state index in [1.165, 1.54) is 12.4 Å². The molecule has 0 atom stereocenters. The van der Waals surface area contributed by atoms with Gasteiger partial charge < -0.3 is 25.2 Å².